The maximum Gasteiger partial charge on any atom is 0.267 e. The lowest BCUT2D eigenvalue weighted by Crippen LogP contribution is -2.16. The highest BCUT2D eigenvalue weighted by Gasteiger charge is 2.24. The molecule has 3 heterocycles. The van der Waals surface area contributed by atoms with Crippen molar-refractivity contribution in [1.29, 1.82) is 0 Å². The molecule has 0 spiro atoms. The van der Waals surface area contributed by atoms with Crippen LogP contribution in [0.4, 0.5) is 14.5 Å². The quantitative estimate of drug-likeness (QED) is 0.419. The summed E-state index contributed by atoms with van der Waals surface area (Å²) in [5, 5.41) is 4.32. The Bertz CT molecular complexity index is 1460. The predicted molar refractivity (Wildman–Crippen MR) is 119 cm³/mol. The molecule has 33 heavy (non-hydrogen) atoms. The van der Waals surface area contributed by atoms with Gasteiger partial charge in [-0.2, -0.15) is 5.10 Å². The number of hydrogen-bond acceptors (Lipinski definition) is 6. The number of sulfonamides is 1. The standard InChI is InChI=1S/C21H18ClF2N5O3S/c1-29-11-18-17(27-29)7-12(9-25-18)3-4-14-15(23)5-6-16(20(14)24)28-33(30,31)19-8-13(22)10-26-21(19)32-2/h5-11,28H,3-4H2,1-2H3. The number of halogens is 3. The number of hydrogen-bond donors (Lipinski definition) is 1. The molecular formula is C21H18ClF2N5O3S. The monoisotopic (exact) mass is 493 g/mol. The smallest absolute Gasteiger partial charge is 0.267 e. The summed E-state index contributed by atoms with van der Waals surface area (Å²) < 4.78 is 63.9. The van der Waals surface area contributed by atoms with Gasteiger partial charge in [0.1, 0.15) is 16.9 Å². The zero-order valence-electron chi connectivity index (χ0n) is 17.5. The van der Waals surface area contributed by atoms with Crippen LogP contribution in [0.25, 0.3) is 11.0 Å². The fourth-order valence-electron chi connectivity index (χ4n) is 3.33. The van der Waals surface area contributed by atoms with Crippen molar-refractivity contribution in [1.82, 2.24) is 19.7 Å². The molecule has 0 radical (unpaired) electrons. The predicted octanol–water partition coefficient (Wildman–Crippen LogP) is 3.89. The van der Waals surface area contributed by atoms with Crippen LogP contribution in [0.15, 0.2) is 47.8 Å². The van der Waals surface area contributed by atoms with E-state index in [1.807, 2.05) is 0 Å². The highest BCUT2D eigenvalue weighted by atomic mass is 35.5. The van der Waals surface area contributed by atoms with E-state index in [1.54, 1.807) is 30.2 Å². The number of aromatic nitrogens is 4. The van der Waals surface area contributed by atoms with E-state index in [0.717, 1.165) is 23.8 Å². The number of nitrogens with one attached hydrogen (secondary N) is 1. The second-order valence-electron chi connectivity index (χ2n) is 7.20. The molecular weight excluding hydrogens is 476 g/mol. The summed E-state index contributed by atoms with van der Waals surface area (Å²) in [6, 6.07) is 4.93. The number of anilines is 1. The molecule has 0 bridgehead atoms. The second kappa shape index (κ2) is 8.91. The Morgan fingerprint density at radius 3 is 2.67 bits per heavy atom. The third-order valence-corrected chi connectivity index (χ3v) is 6.46. The van der Waals surface area contributed by atoms with Crippen molar-refractivity contribution in [3.63, 3.8) is 0 Å². The van der Waals surface area contributed by atoms with Crippen molar-refractivity contribution in [2.24, 2.45) is 7.05 Å². The van der Waals surface area contributed by atoms with Crippen LogP contribution in [0, 0.1) is 11.6 Å². The number of rotatable bonds is 7. The largest absolute Gasteiger partial charge is 0.480 e. The first-order chi connectivity index (χ1) is 15.7. The van der Waals surface area contributed by atoms with Crippen LogP contribution in [-0.4, -0.2) is 35.3 Å². The van der Waals surface area contributed by atoms with Gasteiger partial charge in [0, 0.05) is 25.0 Å². The van der Waals surface area contributed by atoms with Gasteiger partial charge in [0.2, 0.25) is 5.88 Å². The Balaban J connectivity index is 1.60. The lowest BCUT2D eigenvalue weighted by molar-refractivity contribution is 0.385. The first-order valence-electron chi connectivity index (χ1n) is 9.65. The summed E-state index contributed by atoms with van der Waals surface area (Å²) in [6.07, 6.45) is 4.85. The Morgan fingerprint density at radius 1 is 1.12 bits per heavy atom. The molecule has 172 valence electrons. The second-order valence-corrected chi connectivity index (χ2v) is 9.29. The Kier molecular flexibility index (Phi) is 6.17. The van der Waals surface area contributed by atoms with Crippen LogP contribution < -0.4 is 9.46 Å². The summed E-state index contributed by atoms with van der Waals surface area (Å²) in [4.78, 5) is 7.72. The fraction of sp³-hybridized carbons (Fsp3) is 0.190. The number of methoxy groups -OCH3 is 1. The van der Waals surface area contributed by atoms with Crippen LogP contribution in [0.2, 0.25) is 5.02 Å². The van der Waals surface area contributed by atoms with Crippen molar-refractivity contribution in [2.45, 2.75) is 17.7 Å². The molecule has 0 aliphatic heterocycles. The summed E-state index contributed by atoms with van der Waals surface area (Å²) in [5.41, 5.74) is 1.45. The molecule has 4 aromatic rings. The summed E-state index contributed by atoms with van der Waals surface area (Å²) in [7, 11) is -1.31. The van der Waals surface area contributed by atoms with Crippen molar-refractivity contribution >= 4 is 38.3 Å². The highest BCUT2D eigenvalue weighted by molar-refractivity contribution is 7.92. The minimum absolute atomic E-state index is 0.0186. The van der Waals surface area contributed by atoms with Crippen molar-refractivity contribution in [3.8, 4) is 5.88 Å². The third-order valence-electron chi connectivity index (χ3n) is 4.89. The summed E-state index contributed by atoms with van der Waals surface area (Å²) in [6.45, 7) is 0. The zero-order valence-corrected chi connectivity index (χ0v) is 19.1. The van der Waals surface area contributed by atoms with Gasteiger partial charge in [0.05, 0.1) is 24.0 Å². The minimum atomic E-state index is -4.32. The van der Waals surface area contributed by atoms with E-state index in [2.05, 4.69) is 19.8 Å². The Labute approximate surface area is 193 Å². The van der Waals surface area contributed by atoms with Crippen LogP contribution in [0.5, 0.6) is 5.88 Å². The normalized spacial score (nSPS) is 11.7. The molecule has 0 fully saturated rings. The Morgan fingerprint density at radius 2 is 1.91 bits per heavy atom. The van der Waals surface area contributed by atoms with Gasteiger partial charge < -0.3 is 4.74 Å². The van der Waals surface area contributed by atoms with Gasteiger partial charge in [-0.3, -0.25) is 14.4 Å². The Hall–Kier alpha value is -3.31. The van der Waals surface area contributed by atoms with E-state index in [9.17, 15) is 12.8 Å². The molecule has 0 amide bonds. The first-order valence-corrected chi connectivity index (χ1v) is 11.5. The molecule has 0 aliphatic carbocycles. The maximum absolute atomic E-state index is 15.1. The van der Waals surface area contributed by atoms with Gasteiger partial charge in [-0.15, -0.1) is 0 Å². The molecule has 8 nitrogen and oxygen atoms in total. The number of nitrogens with zero attached hydrogens (tertiary/aromatic N) is 4. The summed E-state index contributed by atoms with van der Waals surface area (Å²) >= 11 is 5.85. The van der Waals surface area contributed by atoms with Crippen LogP contribution in [0.3, 0.4) is 0 Å². The third kappa shape index (κ3) is 4.74. The van der Waals surface area contributed by atoms with E-state index in [-0.39, 0.29) is 34.2 Å². The molecule has 0 atom stereocenters. The molecule has 0 saturated heterocycles. The molecule has 12 heteroatoms. The fourth-order valence-corrected chi connectivity index (χ4v) is 4.75. The average Bonchev–Trinajstić information content (AvgIpc) is 3.15. The maximum atomic E-state index is 15.1. The van der Waals surface area contributed by atoms with Gasteiger partial charge in [-0.05, 0) is 42.7 Å². The van der Waals surface area contributed by atoms with Gasteiger partial charge in [0.25, 0.3) is 10.0 Å². The van der Waals surface area contributed by atoms with Crippen LogP contribution >= 0.6 is 11.6 Å². The molecule has 3 aromatic heterocycles. The van der Waals surface area contributed by atoms with Crippen molar-refractivity contribution in [2.75, 3.05) is 11.8 Å². The SMILES string of the molecule is COc1ncc(Cl)cc1S(=O)(=O)Nc1ccc(F)c(CCc2cnc3cn(C)nc3c2)c1F. The molecule has 4 rings (SSSR count). The van der Waals surface area contributed by atoms with Gasteiger partial charge >= 0.3 is 0 Å². The van der Waals surface area contributed by atoms with Gasteiger partial charge in [0.15, 0.2) is 10.7 Å². The molecule has 0 saturated carbocycles. The molecule has 0 unspecified atom stereocenters. The lowest BCUT2D eigenvalue weighted by Gasteiger charge is -2.14. The van der Waals surface area contributed by atoms with E-state index < -0.39 is 27.3 Å². The number of aryl methyl sites for hydroxylation is 2. The topological polar surface area (TPSA) is 99.0 Å². The van der Waals surface area contributed by atoms with E-state index in [4.69, 9.17) is 16.3 Å². The zero-order chi connectivity index (χ0) is 23.8. The van der Waals surface area contributed by atoms with Gasteiger partial charge in [-0.25, -0.2) is 22.2 Å². The highest BCUT2D eigenvalue weighted by Crippen LogP contribution is 2.29. The van der Waals surface area contributed by atoms with E-state index >= 15 is 4.39 Å². The van der Waals surface area contributed by atoms with Gasteiger partial charge in [-0.1, -0.05) is 11.6 Å². The van der Waals surface area contributed by atoms with Crippen LogP contribution in [-0.2, 0) is 29.9 Å². The molecule has 0 aliphatic rings. The van der Waals surface area contributed by atoms with Crippen LogP contribution in [0.1, 0.15) is 11.1 Å². The number of benzene rings is 1. The number of ether oxygens (including phenoxy) is 1. The van der Waals surface area contributed by atoms with Crippen molar-refractivity contribution in [3.05, 3.63) is 70.6 Å². The van der Waals surface area contributed by atoms with Crippen molar-refractivity contribution < 1.29 is 21.9 Å². The van der Waals surface area contributed by atoms with E-state index in [1.165, 1.54) is 13.3 Å². The molecule has 1 aromatic carbocycles. The molecule has 1 N–H and O–H groups in total. The number of fused-ring (bicyclic) bond motifs is 1. The average molecular weight is 494 g/mol. The summed E-state index contributed by atoms with van der Waals surface area (Å²) in [5.74, 6) is -2.02. The first kappa shape index (κ1) is 22.9. The number of pyridine rings is 2. The van der Waals surface area contributed by atoms with E-state index in [0.29, 0.717) is 11.0 Å². The minimum Gasteiger partial charge on any atom is -0.480 e. The lowest BCUT2D eigenvalue weighted by atomic mass is 10.0.